The van der Waals surface area contributed by atoms with Gasteiger partial charge in [0.1, 0.15) is 0 Å². The number of aromatic amines is 2. The zero-order chi connectivity index (χ0) is 16.5. The molecule has 4 aromatic rings. The number of hydrogen-bond acceptors (Lipinski definition) is 2. The normalized spacial score (nSPS) is 12.4. The number of fused-ring (bicyclic) bond motifs is 1. The molecule has 0 aliphatic rings. The van der Waals surface area contributed by atoms with Gasteiger partial charge >= 0.3 is 0 Å². The van der Waals surface area contributed by atoms with Gasteiger partial charge in [0.2, 0.25) is 0 Å². The Morgan fingerprint density at radius 3 is 2.75 bits per heavy atom. The molecule has 0 aliphatic carbocycles. The summed E-state index contributed by atoms with van der Waals surface area (Å²) in [6, 6.07) is 16.4. The maximum absolute atomic E-state index is 5.74. The van der Waals surface area contributed by atoms with Gasteiger partial charge in [0.15, 0.2) is 11.8 Å². The van der Waals surface area contributed by atoms with E-state index in [1.165, 1.54) is 16.5 Å². The zero-order valence-electron chi connectivity index (χ0n) is 13.8. The van der Waals surface area contributed by atoms with E-state index in [2.05, 4.69) is 53.4 Å². The van der Waals surface area contributed by atoms with Crippen molar-refractivity contribution in [3.8, 4) is 0 Å². The van der Waals surface area contributed by atoms with Gasteiger partial charge in [-0.05, 0) is 43.7 Å². The largest absolute Gasteiger partial charge is 0.464 e. The minimum atomic E-state index is -0.0748. The molecule has 4 nitrogen and oxygen atoms in total. The van der Waals surface area contributed by atoms with Gasteiger partial charge in [-0.15, -0.1) is 0 Å². The zero-order valence-corrected chi connectivity index (χ0v) is 13.8. The van der Waals surface area contributed by atoms with Crippen LogP contribution in [0.25, 0.3) is 10.9 Å². The number of furan rings is 1. The van der Waals surface area contributed by atoms with Crippen LogP contribution < -0.4 is 10.3 Å². The maximum atomic E-state index is 5.74. The quantitative estimate of drug-likeness (QED) is 0.586. The fourth-order valence-corrected chi connectivity index (χ4v) is 3.23. The Morgan fingerprint density at radius 2 is 1.96 bits per heavy atom. The van der Waals surface area contributed by atoms with Crippen molar-refractivity contribution in [2.24, 2.45) is 0 Å². The topological polar surface area (TPSA) is 55.1 Å². The van der Waals surface area contributed by atoms with E-state index in [1.54, 1.807) is 6.26 Å². The Bertz CT molecular complexity index is 970. The van der Waals surface area contributed by atoms with Crippen LogP contribution in [-0.4, -0.2) is 4.98 Å². The summed E-state index contributed by atoms with van der Waals surface area (Å²) in [5.74, 6) is 1.85. The minimum absolute atomic E-state index is 0.0748. The van der Waals surface area contributed by atoms with Gasteiger partial charge in [-0.1, -0.05) is 18.2 Å². The smallest absolute Gasteiger partial charge is 0.273 e. The molecular formula is C20H20N3O+. The number of para-hydroxylation sites is 1. The van der Waals surface area contributed by atoms with Crippen molar-refractivity contribution in [2.45, 2.75) is 19.9 Å². The second-order valence-electron chi connectivity index (χ2n) is 6.08. The molecule has 4 rings (SSSR count). The summed E-state index contributed by atoms with van der Waals surface area (Å²) in [5.41, 5.74) is 4.68. The van der Waals surface area contributed by atoms with E-state index >= 15 is 0 Å². The van der Waals surface area contributed by atoms with Gasteiger partial charge in [-0.25, -0.2) is 4.98 Å². The van der Waals surface area contributed by atoms with Crippen molar-refractivity contribution < 1.29 is 9.40 Å². The number of H-pyrrole nitrogens is 2. The fourth-order valence-electron chi connectivity index (χ4n) is 3.23. The molecule has 0 bridgehead atoms. The molecule has 0 aliphatic heterocycles. The average molecular weight is 318 g/mol. The Hall–Kier alpha value is -3.01. The van der Waals surface area contributed by atoms with Crippen LogP contribution >= 0.6 is 0 Å². The highest BCUT2D eigenvalue weighted by Gasteiger charge is 2.27. The third kappa shape index (κ3) is 2.56. The van der Waals surface area contributed by atoms with Crippen molar-refractivity contribution in [3.63, 3.8) is 0 Å². The number of hydrogen-bond donors (Lipinski definition) is 2. The van der Waals surface area contributed by atoms with Gasteiger partial charge in [-0.2, -0.15) is 0 Å². The Balaban J connectivity index is 1.85. The molecule has 0 spiro atoms. The van der Waals surface area contributed by atoms with Crippen molar-refractivity contribution in [3.05, 3.63) is 83.6 Å². The number of pyridine rings is 1. The number of anilines is 1. The van der Waals surface area contributed by atoms with Gasteiger partial charge in [-0.3, -0.25) is 5.32 Å². The SMILES string of the molecule is Cc1cc[nH+]c(N[C@@H](c2ccco2)c2c(C)[nH]c3ccccc23)c1. The van der Waals surface area contributed by atoms with E-state index < -0.39 is 0 Å². The van der Waals surface area contributed by atoms with E-state index in [0.29, 0.717) is 0 Å². The molecule has 4 heteroatoms. The molecule has 0 saturated carbocycles. The molecule has 1 atom stereocenters. The lowest BCUT2D eigenvalue weighted by Crippen LogP contribution is -2.19. The summed E-state index contributed by atoms with van der Waals surface area (Å²) in [7, 11) is 0. The first-order chi connectivity index (χ1) is 11.7. The lowest BCUT2D eigenvalue weighted by molar-refractivity contribution is -0.361. The van der Waals surface area contributed by atoms with E-state index in [0.717, 1.165) is 22.8 Å². The van der Waals surface area contributed by atoms with Crippen LogP contribution in [0.2, 0.25) is 0 Å². The highest BCUT2D eigenvalue weighted by molar-refractivity contribution is 5.85. The van der Waals surface area contributed by atoms with Crippen molar-refractivity contribution in [2.75, 3.05) is 5.32 Å². The summed E-state index contributed by atoms with van der Waals surface area (Å²) in [6.45, 7) is 4.19. The first-order valence-corrected chi connectivity index (χ1v) is 8.08. The van der Waals surface area contributed by atoms with Gasteiger partial charge < -0.3 is 9.40 Å². The lowest BCUT2D eigenvalue weighted by Gasteiger charge is -2.13. The van der Waals surface area contributed by atoms with E-state index in [9.17, 15) is 0 Å². The molecule has 0 amide bonds. The average Bonchev–Trinajstić information content (AvgIpc) is 3.20. The van der Waals surface area contributed by atoms with Crippen LogP contribution in [0.3, 0.4) is 0 Å². The molecule has 0 saturated heterocycles. The monoisotopic (exact) mass is 318 g/mol. The summed E-state index contributed by atoms with van der Waals surface area (Å²) in [5, 5.41) is 4.79. The molecule has 0 fully saturated rings. The second-order valence-corrected chi connectivity index (χ2v) is 6.08. The number of aromatic nitrogens is 2. The highest BCUT2D eigenvalue weighted by Crippen LogP contribution is 2.34. The first kappa shape index (κ1) is 14.6. The predicted octanol–water partition coefficient (Wildman–Crippen LogP) is 4.39. The van der Waals surface area contributed by atoms with Crippen LogP contribution in [0.1, 0.15) is 28.6 Å². The molecule has 120 valence electrons. The number of nitrogens with one attached hydrogen (secondary N) is 3. The third-order valence-electron chi connectivity index (χ3n) is 4.32. The molecule has 1 aromatic carbocycles. The first-order valence-electron chi connectivity index (χ1n) is 8.08. The van der Waals surface area contributed by atoms with Crippen LogP contribution in [0.5, 0.6) is 0 Å². The summed E-state index contributed by atoms with van der Waals surface area (Å²) >= 11 is 0. The fraction of sp³-hybridized carbons (Fsp3) is 0.150. The third-order valence-corrected chi connectivity index (χ3v) is 4.32. The van der Waals surface area contributed by atoms with E-state index in [4.69, 9.17) is 4.42 Å². The van der Waals surface area contributed by atoms with Crippen molar-refractivity contribution in [1.29, 1.82) is 0 Å². The number of benzene rings is 1. The second kappa shape index (κ2) is 5.89. The predicted molar refractivity (Wildman–Crippen MR) is 94.9 cm³/mol. The lowest BCUT2D eigenvalue weighted by atomic mass is 10.0. The van der Waals surface area contributed by atoms with Crippen molar-refractivity contribution in [1.82, 2.24) is 4.98 Å². The summed E-state index contributed by atoms with van der Waals surface area (Å²) in [4.78, 5) is 6.74. The maximum Gasteiger partial charge on any atom is 0.273 e. The van der Waals surface area contributed by atoms with Crippen molar-refractivity contribution >= 4 is 16.7 Å². The summed E-state index contributed by atoms with van der Waals surface area (Å²) in [6.07, 6.45) is 3.66. The highest BCUT2D eigenvalue weighted by atomic mass is 16.3. The number of aryl methyl sites for hydroxylation is 2. The van der Waals surface area contributed by atoms with Crippen LogP contribution in [0, 0.1) is 13.8 Å². The molecular weight excluding hydrogens is 298 g/mol. The molecule has 3 N–H and O–H groups in total. The number of rotatable bonds is 4. The molecule has 3 aromatic heterocycles. The molecule has 0 radical (unpaired) electrons. The van der Waals surface area contributed by atoms with Crippen LogP contribution in [0.15, 0.2) is 65.4 Å². The van der Waals surface area contributed by atoms with Gasteiger partial charge in [0.05, 0.1) is 12.5 Å². The molecule has 3 heterocycles. The van der Waals surface area contributed by atoms with Crippen LogP contribution in [0.4, 0.5) is 5.82 Å². The van der Waals surface area contributed by atoms with E-state index in [-0.39, 0.29) is 6.04 Å². The van der Waals surface area contributed by atoms with Gasteiger partial charge in [0.25, 0.3) is 5.82 Å². The molecule has 0 unspecified atom stereocenters. The minimum Gasteiger partial charge on any atom is -0.464 e. The Morgan fingerprint density at radius 1 is 1.08 bits per heavy atom. The standard InChI is InChI=1S/C20H19N3O/c1-13-9-10-21-18(12-13)23-20(17-8-5-11-24-17)19-14(2)22-16-7-4-3-6-15(16)19/h3-12,20,22H,1-2H3,(H,21,23)/p+1/t20-/m0/s1. The summed E-state index contributed by atoms with van der Waals surface area (Å²) < 4.78 is 5.74. The Labute approximate surface area is 140 Å². The van der Waals surface area contributed by atoms with Crippen LogP contribution in [-0.2, 0) is 0 Å². The van der Waals surface area contributed by atoms with E-state index in [1.807, 2.05) is 30.5 Å². The Kier molecular flexibility index (Phi) is 3.58. The molecule has 24 heavy (non-hydrogen) atoms. The van der Waals surface area contributed by atoms with Gasteiger partial charge in [0, 0.05) is 28.2 Å².